The molecular weight excluding hydrogens is 416 g/mol. The second-order valence-corrected chi connectivity index (χ2v) is 7.47. The van der Waals surface area contributed by atoms with E-state index in [1.165, 1.54) is 5.56 Å². The molecule has 0 aliphatic carbocycles. The molecule has 0 bridgehead atoms. The summed E-state index contributed by atoms with van der Waals surface area (Å²) in [6.07, 6.45) is 0. The number of hydrogen-bond acceptors (Lipinski definition) is 3. The van der Waals surface area contributed by atoms with E-state index in [1.807, 2.05) is 54.9 Å². The van der Waals surface area contributed by atoms with Crippen LogP contribution >= 0.6 is 15.9 Å². The predicted molar refractivity (Wildman–Crippen MR) is 116 cm³/mol. The fourth-order valence-electron chi connectivity index (χ4n) is 2.78. The Bertz CT molecular complexity index is 935. The highest BCUT2D eigenvalue weighted by Crippen LogP contribution is 2.22. The lowest BCUT2D eigenvalue weighted by atomic mass is 10.1. The van der Waals surface area contributed by atoms with Crippen molar-refractivity contribution in [2.45, 2.75) is 33.0 Å². The number of aryl methyl sites for hydroxylation is 1. The third-order valence-corrected chi connectivity index (χ3v) is 5.31. The molecule has 146 valence electrons. The maximum Gasteiger partial charge on any atom is 0.192 e. The zero-order valence-electron chi connectivity index (χ0n) is 16.4. The molecule has 0 radical (unpaired) electrons. The zero-order valence-corrected chi connectivity index (χ0v) is 17.9. The smallest absolute Gasteiger partial charge is 0.192 e. The molecule has 6 nitrogen and oxygen atoms in total. The van der Waals surface area contributed by atoms with Crippen molar-refractivity contribution in [3.05, 3.63) is 81.8 Å². The van der Waals surface area contributed by atoms with Crippen LogP contribution in [0.25, 0.3) is 0 Å². The van der Waals surface area contributed by atoms with Crippen LogP contribution in [0.2, 0.25) is 0 Å². The third kappa shape index (κ3) is 5.19. The Morgan fingerprint density at radius 1 is 1.11 bits per heavy atom. The van der Waals surface area contributed by atoms with Gasteiger partial charge < -0.3 is 15.2 Å². The Balaban J connectivity index is 1.75. The second kappa shape index (κ2) is 9.50. The number of guanidine groups is 1. The minimum atomic E-state index is 0.0823. The Kier molecular flexibility index (Phi) is 6.81. The lowest BCUT2D eigenvalue weighted by molar-refractivity contribution is 0.662. The van der Waals surface area contributed by atoms with Gasteiger partial charge in [0.15, 0.2) is 11.8 Å². The lowest BCUT2D eigenvalue weighted by Crippen LogP contribution is -2.39. The van der Waals surface area contributed by atoms with Crippen LogP contribution in [0.1, 0.15) is 35.7 Å². The van der Waals surface area contributed by atoms with Crippen LogP contribution in [-0.4, -0.2) is 20.7 Å². The summed E-state index contributed by atoms with van der Waals surface area (Å²) < 4.78 is 3.04. The topological polar surface area (TPSA) is 67.1 Å². The SMILES string of the molecule is Cc1nnc(CNC(=NCc2ccccc2)NC(C)c2ccccc2Br)n1C. The van der Waals surface area contributed by atoms with Gasteiger partial charge in [0, 0.05) is 11.5 Å². The van der Waals surface area contributed by atoms with Crippen molar-refractivity contribution in [1.29, 1.82) is 0 Å². The van der Waals surface area contributed by atoms with E-state index in [2.05, 4.69) is 61.9 Å². The molecule has 0 amide bonds. The number of benzene rings is 2. The van der Waals surface area contributed by atoms with Gasteiger partial charge in [-0.15, -0.1) is 10.2 Å². The van der Waals surface area contributed by atoms with Crippen molar-refractivity contribution in [3.8, 4) is 0 Å². The number of aliphatic imine (C=N–C) groups is 1. The first-order valence-corrected chi connectivity index (χ1v) is 10.0. The largest absolute Gasteiger partial charge is 0.350 e. The average Bonchev–Trinajstić information content (AvgIpc) is 3.03. The summed E-state index contributed by atoms with van der Waals surface area (Å²) in [5.74, 6) is 2.47. The Morgan fingerprint density at radius 3 is 2.50 bits per heavy atom. The standard InChI is InChI=1S/C21H25BrN6/c1-15(18-11-7-8-12-19(18)22)25-21(23-13-17-9-5-4-6-10-17)24-14-20-27-26-16(2)28(20)3/h4-12,15H,13-14H2,1-3H3,(H2,23,24,25). The number of rotatable bonds is 6. The van der Waals surface area contributed by atoms with Crippen LogP contribution < -0.4 is 10.6 Å². The molecule has 1 heterocycles. The summed E-state index contributed by atoms with van der Waals surface area (Å²) in [7, 11) is 1.96. The zero-order chi connectivity index (χ0) is 19.9. The van der Waals surface area contributed by atoms with Gasteiger partial charge in [-0.05, 0) is 31.0 Å². The molecule has 0 spiro atoms. The van der Waals surface area contributed by atoms with Gasteiger partial charge in [-0.2, -0.15) is 0 Å². The van der Waals surface area contributed by atoms with E-state index < -0.39 is 0 Å². The van der Waals surface area contributed by atoms with Crippen molar-refractivity contribution in [2.75, 3.05) is 0 Å². The Hall–Kier alpha value is -2.67. The molecule has 1 atom stereocenters. The quantitative estimate of drug-likeness (QED) is 0.450. The number of nitrogens with zero attached hydrogens (tertiary/aromatic N) is 4. The fraction of sp³-hybridized carbons (Fsp3) is 0.286. The average molecular weight is 441 g/mol. The first-order chi connectivity index (χ1) is 13.5. The first kappa shape index (κ1) is 20.1. The molecule has 2 aromatic carbocycles. The van der Waals surface area contributed by atoms with Crippen LogP contribution in [0.5, 0.6) is 0 Å². The Labute approximate surface area is 174 Å². The molecule has 3 aromatic rings. The van der Waals surface area contributed by atoms with Crippen LogP contribution in [0.4, 0.5) is 0 Å². The van der Waals surface area contributed by atoms with E-state index in [9.17, 15) is 0 Å². The second-order valence-electron chi connectivity index (χ2n) is 6.61. The summed E-state index contributed by atoms with van der Waals surface area (Å²) in [6.45, 7) is 5.19. The molecular formula is C21H25BrN6. The summed E-state index contributed by atoms with van der Waals surface area (Å²) in [6, 6.07) is 18.5. The van der Waals surface area contributed by atoms with Gasteiger partial charge >= 0.3 is 0 Å². The van der Waals surface area contributed by atoms with Crippen molar-refractivity contribution in [1.82, 2.24) is 25.4 Å². The van der Waals surface area contributed by atoms with Crippen molar-refractivity contribution >= 4 is 21.9 Å². The van der Waals surface area contributed by atoms with Gasteiger partial charge in [-0.1, -0.05) is 64.5 Å². The summed E-state index contributed by atoms with van der Waals surface area (Å²) >= 11 is 3.63. The van der Waals surface area contributed by atoms with Crippen molar-refractivity contribution in [3.63, 3.8) is 0 Å². The third-order valence-electron chi connectivity index (χ3n) is 4.58. The summed E-state index contributed by atoms with van der Waals surface area (Å²) in [5.41, 5.74) is 2.33. The molecule has 3 rings (SSSR count). The van der Waals surface area contributed by atoms with E-state index in [4.69, 9.17) is 4.99 Å². The van der Waals surface area contributed by atoms with Crippen molar-refractivity contribution < 1.29 is 0 Å². The van der Waals surface area contributed by atoms with E-state index >= 15 is 0 Å². The van der Waals surface area contributed by atoms with Crippen molar-refractivity contribution in [2.24, 2.45) is 12.0 Å². The monoisotopic (exact) mass is 440 g/mol. The maximum atomic E-state index is 4.76. The highest BCUT2D eigenvalue weighted by molar-refractivity contribution is 9.10. The normalized spacial score (nSPS) is 12.6. The lowest BCUT2D eigenvalue weighted by Gasteiger charge is -2.19. The van der Waals surface area contributed by atoms with Gasteiger partial charge in [0.05, 0.1) is 19.1 Å². The molecule has 0 aliphatic rings. The first-order valence-electron chi connectivity index (χ1n) is 9.22. The minimum absolute atomic E-state index is 0.0823. The van der Waals surface area contributed by atoms with Crippen LogP contribution in [0, 0.1) is 6.92 Å². The molecule has 2 N–H and O–H groups in total. The number of nitrogens with one attached hydrogen (secondary N) is 2. The number of aromatic nitrogens is 3. The van der Waals surface area contributed by atoms with Crippen LogP contribution in [0.15, 0.2) is 64.1 Å². The Morgan fingerprint density at radius 2 is 1.82 bits per heavy atom. The van der Waals surface area contributed by atoms with E-state index in [-0.39, 0.29) is 6.04 Å². The molecule has 1 aromatic heterocycles. The molecule has 1 unspecified atom stereocenters. The molecule has 0 saturated heterocycles. The molecule has 0 aliphatic heterocycles. The van der Waals surface area contributed by atoms with Gasteiger partial charge in [0.2, 0.25) is 0 Å². The fourth-order valence-corrected chi connectivity index (χ4v) is 3.41. The predicted octanol–water partition coefficient (Wildman–Crippen LogP) is 3.88. The van der Waals surface area contributed by atoms with E-state index in [1.54, 1.807) is 0 Å². The number of halogens is 1. The van der Waals surface area contributed by atoms with Crippen LogP contribution in [-0.2, 0) is 20.1 Å². The maximum absolute atomic E-state index is 4.76. The summed E-state index contributed by atoms with van der Waals surface area (Å²) in [5, 5.41) is 15.2. The number of hydrogen-bond donors (Lipinski definition) is 2. The minimum Gasteiger partial charge on any atom is -0.350 e. The van der Waals surface area contributed by atoms with Gasteiger partial charge in [0.25, 0.3) is 0 Å². The molecule has 7 heteroatoms. The summed E-state index contributed by atoms with van der Waals surface area (Å²) in [4.78, 5) is 4.76. The van der Waals surface area contributed by atoms with E-state index in [0.29, 0.717) is 13.1 Å². The highest BCUT2D eigenvalue weighted by Gasteiger charge is 2.12. The molecule has 0 saturated carbocycles. The molecule has 0 fully saturated rings. The van der Waals surface area contributed by atoms with Gasteiger partial charge in [-0.3, -0.25) is 0 Å². The van der Waals surface area contributed by atoms with Gasteiger partial charge in [0.1, 0.15) is 5.82 Å². The molecule has 28 heavy (non-hydrogen) atoms. The van der Waals surface area contributed by atoms with E-state index in [0.717, 1.165) is 27.6 Å². The van der Waals surface area contributed by atoms with Gasteiger partial charge in [-0.25, -0.2) is 4.99 Å². The highest BCUT2D eigenvalue weighted by atomic mass is 79.9. The van der Waals surface area contributed by atoms with Crippen LogP contribution in [0.3, 0.4) is 0 Å².